The number of nitrogens with one attached hydrogen (secondary N) is 1. The van der Waals surface area contributed by atoms with Crippen LogP contribution in [0.2, 0.25) is 0 Å². The second kappa shape index (κ2) is 5.48. The minimum Gasteiger partial charge on any atom is -0.393 e. The summed E-state index contributed by atoms with van der Waals surface area (Å²) in [5, 5.41) is 12.4. The molecule has 0 spiro atoms. The third-order valence-electron chi connectivity index (χ3n) is 3.36. The van der Waals surface area contributed by atoms with E-state index in [0.717, 1.165) is 24.2 Å². The van der Waals surface area contributed by atoms with Gasteiger partial charge in [-0.25, -0.2) is 12.7 Å². The van der Waals surface area contributed by atoms with Crippen LogP contribution in [0.25, 0.3) is 0 Å². The van der Waals surface area contributed by atoms with Gasteiger partial charge in [0.25, 0.3) is 0 Å². The first kappa shape index (κ1) is 14.3. The Labute approximate surface area is 114 Å². The van der Waals surface area contributed by atoms with Crippen molar-refractivity contribution >= 4 is 15.7 Å². The Bertz CT molecular complexity index is 555. The Balaban J connectivity index is 2.19. The fourth-order valence-corrected chi connectivity index (χ4v) is 3.31. The van der Waals surface area contributed by atoms with Gasteiger partial charge in [-0.2, -0.15) is 0 Å². The van der Waals surface area contributed by atoms with Gasteiger partial charge in [-0.1, -0.05) is 6.07 Å². The number of aliphatic hydroxyl groups excluding tert-OH is 1. The zero-order valence-electron chi connectivity index (χ0n) is 11.3. The van der Waals surface area contributed by atoms with Crippen LogP contribution in [0, 0.1) is 0 Å². The summed E-state index contributed by atoms with van der Waals surface area (Å²) in [5.41, 5.74) is 2.07. The summed E-state index contributed by atoms with van der Waals surface area (Å²) < 4.78 is 26.0. The van der Waals surface area contributed by atoms with Crippen LogP contribution >= 0.6 is 0 Å². The van der Waals surface area contributed by atoms with Crippen molar-refractivity contribution in [3.8, 4) is 0 Å². The van der Waals surface area contributed by atoms with E-state index >= 15 is 0 Å². The molecular weight excluding hydrogens is 264 g/mol. The minimum atomic E-state index is -3.47. The van der Waals surface area contributed by atoms with Crippen molar-refractivity contribution in [2.24, 2.45) is 0 Å². The van der Waals surface area contributed by atoms with Gasteiger partial charge in [0.1, 0.15) is 0 Å². The van der Waals surface area contributed by atoms with Gasteiger partial charge in [0, 0.05) is 25.8 Å². The highest BCUT2D eigenvalue weighted by Crippen LogP contribution is 2.26. The Morgan fingerprint density at radius 2 is 2.21 bits per heavy atom. The number of sulfonamides is 1. The second-order valence-corrected chi connectivity index (χ2v) is 7.00. The highest BCUT2D eigenvalue weighted by molar-refractivity contribution is 7.89. The lowest BCUT2D eigenvalue weighted by atomic mass is 10.2. The van der Waals surface area contributed by atoms with Gasteiger partial charge in [0.2, 0.25) is 10.0 Å². The quantitative estimate of drug-likeness (QED) is 0.848. The number of rotatable bonds is 5. The zero-order chi connectivity index (χ0) is 14.0. The smallest absolute Gasteiger partial charge is 0.242 e. The third-order valence-corrected chi connectivity index (χ3v) is 5.21. The monoisotopic (exact) mass is 284 g/mol. The van der Waals surface area contributed by atoms with Crippen LogP contribution in [-0.2, 0) is 16.4 Å². The third kappa shape index (κ3) is 3.08. The van der Waals surface area contributed by atoms with E-state index in [1.54, 1.807) is 26.1 Å². The van der Waals surface area contributed by atoms with E-state index in [4.69, 9.17) is 0 Å². The molecule has 0 aliphatic carbocycles. The van der Waals surface area contributed by atoms with Crippen molar-refractivity contribution < 1.29 is 13.5 Å². The highest BCUT2D eigenvalue weighted by atomic mass is 32.2. The Morgan fingerprint density at radius 3 is 2.89 bits per heavy atom. The van der Waals surface area contributed by atoms with Crippen molar-refractivity contribution in [1.82, 2.24) is 4.31 Å². The fraction of sp³-hybridized carbons (Fsp3) is 0.538. The molecule has 0 saturated carbocycles. The van der Waals surface area contributed by atoms with Crippen LogP contribution in [0.15, 0.2) is 23.1 Å². The van der Waals surface area contributed by atoms with Crippen molar-refractivity contribution in [2.45, 2.75) is 30.8 Å². The molecule has 1 aliphatic heterocycles. The first-order chi connectivity index (χ1) is 8.91. The number of nitrogens with zero attached hydrogens (tertiary/aromatic N) is 1. The molecule has 1 unspecified atom stereocenters. The van der Waals surface area contributed by atoms with Crippen LogP contribution in [0.5, 0.6) is 0 Å². The van der Waals surface area contributed by atoms with Gasteiger partial charge in [0.15, 0.2) is 0 Å². The molecular formula is C13H20N2O3S. The van der Waals surface area contributed by atoms with Crippen LogP contribution in [0.1, 0.15) is 18.9 Å². The van der Waals surface area contributed by atoms with Gasteiger partial charge in [-0.05, 0) is 37.5 Å². The van der Waals surface area contributed by atoms with E-state index < -0.39 is 16.1 Å². The van der Waals surface area contributed by atoms with Crippen LogP contribution in [0.4, 0.5) is 5.69 Å². The molecule has 2 N–H and O–H groups in total. The van der Waals surface area contributed by atoms with Gasteiger partial charge >= 0.3 is 0 Å². The number of fused-ring (bicyclic) bond motifs is 1. The predicted molar refractivity (Wildman–Crippen MR) is 74.7 cm³/mol. The SMILES string of the molecule is CC(O)CCN(C)S(=O)(=O)c1ccc2c(c1)NCC2. The summed E-state index contributed by atoms with van der Waals surface area (Å²) in [6, 6.07) is 5.21. The van der Waals surface area contributed by atoms with E-state index in [-0.39, 0.29) is 0 Å². The maximum atomic E-state index is 12.4. The first-order valence-electron chi connectivity index (χ1n) is 6.42. The van der Waals surface area contributed by atoms with Gasteiger partial charge in [-0.3, -0.25) is 0 Å². The summed E-state index contributed by atoms with van der Waals surface area (Å²) in [7, 11) is -1.93. The van der Waals surface area contributed by atoms with E-state index in [2.05, 4.69) is 5.32 Å². The van der Waals surface area contributed by atoms with E-state index in [1.807, 2.05) is 6.07 Å². The molecule has 5 nitrogen and oxygen atoms in total. The average molecular weight is 284 g/mol. The summed E-state index contributed by atoms with van der Waals surface area (Å²) in [5.74, 6) is 0. The lowest BCUT2D eigenvalue weighted by Gasteiger charge is -2.18. The molecule has 19 heavy (non-hydrogen) atoms. The van der Waals surface area contributed by atoms with Gasteiger partial charge in [-0.15, -0.1) is 0 Å². The van der Waals surface area contributed by atoms with Crippen molar-refractivity contribution in [2.75, 3.05) is 25.5 Å². The Morgan fingerprint density at radius 1 is 1.47 bits per heavy atom. The lowest BCUT2D eigenvalue weighted by molar-refractivity contribution is 0.177. The maximum Gasteiger partial charge on any atom is 0.242 e. The fourth-order valence-electron chi connectivity index (χ4n) is 2.10. The summed E-state index contributed by atoms with van der Waals surface area (Å²) in [6.07, 6.45) is 0.867. The molecule has 1 atom stereocenters. The molecule has 0 radical (unpaired) electrons. The Kier molecular flexibility index (Phi) is 4.13. The molecule has 106 valence electrons. The molecule has 1 aromatic rings. The van der Waals surface area contributed by atoms with Gasteiger partial charge < -0.3 is 10.4 Å². The normalized spacial score (nSPS) is 16.2. The molecule has 0 fully saturated rings. The number of anilines is 1. The number of benzene rings is 1. The topological polar surface area (TPSA) is 69.6 Å². The van der Waals surface area contributed by atoms with Crippen molar-refractivity contribution in [3.63, 3.8) is 0 Å². The molecule has 1 heterocycles. The van der Waals surface area contributed by atoms with E-state index in [0.29, 0.717) is 17.9 Å². The minimum absolute atomic E-state index is 0.300. The zero-order valence-corrected chi connectivity index (χ0v) is 12.1. The van der Waals surface area contributed by atoms with Crippen molar-refractivity contribution in [3.05, 3.63) is 23.8 Å². The van der Waals surface area contributed by atoms with E-state index in [9.17, 15) is 13.5 Å². The lowest BCUT2D eigenvalue weighted by Crippen LogP contribution is -2.29. The molecule has 1 aliphatic rings. The van der Waals surface area contributed by atoms with Gasteiger partial charge in [0.05, 0.1) is 11.0 Å². The number of aliphatic hydroxyl groups is 1. The molecule has 0 saturated heterocycles. The highest BCUT2D eigenvalue weighted by Gasteiger charge is 2.22. The Hall–Kier alpha value is -1.11. The summed E-state index contributed by atoms with van der Waals surface area (Å²) in [4.78, 5) is 0.300. The molecule has 0 bridgehead atoms. The average Bonchev–Trinajstić information content (AvgIpc) is 2.82. The van der Waals surface area contributed by atoms with Crippen LogP contribution in [0.3, 0.4) is 0 Å². The predicted octanol–water partition coefficient (Wildman–Crippen LogP) is 1.05. The standard InChI is InChI=1S/C13H20N2O3S/c1-10(16)6-8-15(2)19(17,18)12-4-3-11-5-7-14-13(11)9-12/h3-4,9-10,14,16H,5-8H2,1-2H3. The molecule has 0 amide bonds. The van der Waals surface area contributed by atoms with Crippen LogP contribution in [-0.4, -0.2) is 44.1 Å². The van der Waals surface area contributed by atoms with E-state index in [1.165, 1.54) is 4.31 Å². The molecule has 0 aromatic heterocycles. The molecule has 1 aromatic carbocycles. The molecule has 2 rings (SSSR count). The van der Waals surface area contributed by atoms with Crippen LogP contribution < -0.4 is 5.32 Å². The summed E-state index contributed by atoms with van der Waals surface area (Å²) in [6.45, 7) is 2.82. The molecule has 6 heteroatoms. The first-order valence-corrected chi connectivity index (χ1v) is 7.86. The second-order valence-electron chi connectivity index (χ2n) is 4.96. The summed E-state index contributed by atoms with van der Waals surface area (Å²) >= 11 is 0. The largest absolute Gasteiger partial charge is 0.393 e. The number of hydrogen-bond donors (Lipinski definition) is 2. The van der Waals surface area contributed by atoms with Crippen molar-refractivity contribution in [1.29, 1.82) is 0 Å². The maximum absolute atomic E-state index is 12.4. The number of hydrogen-bond acceptors (Lipinski definition) is 4.